The summed E-state index contributed by atoms with van der Waals surface area (Å²) in [5.41, 5.74) is 0.871. The van der Waals surface area contributed by atoms with E-state index in [1.807, 2.05) is 30.3 Å². The molecule has 2 aromatic heterocycles. The van der Waals surface area contributed by atoms with Gasteiger partial charge in [0, 0.05) is 0 Å². The van der Waals surface area contributed by atoms with Gasteiger partial charge in [0.05, 0.1) is 5.69 Å². The zero-order valence-corrected chi connectivity index (χ0v) is 10.1. The highest BCUT2D eigenvalue weighted by atomic mass is 32.1. The van der Waals surface area contributed by atoms with Crippen molar-refractivity contribution in [1.29, 1.82) is 0 Å². The summed E-state index contributed by atoms with van der Waals surface area (Å²) in [7, 11) is 0. The predicted octanol–water partition coefficient (Wildman–Crippen LogP) is 0.800. The number of aromatic nitrogens is 7. The van der Waals surface area contributed by atoms with Crippen molar-refractivity contribution in [3.63, 3.8) is 0 Å². The summed E-state index contributed by atoms with van der Waals surface area (Å²) in [5.74, 6) is 1.19. The minimum atomic E-state index is -0.359. The summed E-state index contributed by atoms with van der Waals surface area (Å²) in [6.45, 7) is 0. The van der Waals surface area contributed by atoms with Gasteiger partial charge in [-0.2, -0.15) is 22.4 Å². The van der Waals surface area contributed by atoms with E-state index in [1.165, 1.54) is 6.33 Å². The Labute approximate surface area is 108 Å². The molecular weight excluding hydrogens is 250 g/mol. The standard InChI is InChI=1S/C10H9N7S/c18-8(9-11-6-12-13-9)10-14-15-16-17(10)7-4-2-1-3-5-7/h1-6,8,18H,(H,11,12,13). The summed E-state index contributed by atoms with van der Waals surface area (Å²) in [6, 6.07) is 9.61. The topological polar surface area (TPSA) is 85.2 Å². The van der Waals surface area contributed by atoms with Gasteiger partial charge in [0.25, 0.3) is 0 Å². The Bertz CT molecular complexity index is 619. The zero-order chi connectivity index (χ0) is 12.4. The first kappa shape index (κ1) is 10.9. The minimum absolute atomic E-state index is 0.359. The lowest BCUT2D eigenvalue weighted by Gasteiger charge is -2.07. The predicted molar refractivity (Wildman–Crippen MR) is 66.4 cm³/mol. The number of benzene rings is 1. The van der Waals surface area contributed by atoms with E-state index in [2.05, 4.69) is 43.3 Å². The van der Waals surface area contributed by atoms with Gasteiger partial charge in [0.1, 0.15) is 17.4 Å². The van der Waals surface area contributed by atoms with Gasteiger partial charge in [0.2, 0.25) is 0 Å². The van der Waals surface area contributed by atoms with Crippen LogP contribution in [-0.2, 0) is 0 Å². The lowest BCUT2D eigenvalue weighted by molar-refractivity contribution is 0.761. The summed E-state index contributed by atoms with van der Waals surface area (Å²) in [6.07, 6.45) is 1.43. The molecule has 2 heterocycles. The number of tetrazole rings is 1. The molecule has 0 saturated carbocycles. The van der Waals surface area contributed by atoms with Crippen molar-refractivity contribution in [3.05, 3.63) is 48.3 Å². The van der Waals surface area contributed by atoms with Crippen LogP contribution >= 0.6 is 12.6 Å². The van der Waals surface area contributed by atoms with E-state index in [1.54, 1.807) is 4.68 Å². The molecule has 0 amide bonds. The van der Waals surface area contributed by atoms with Gasteiger partial charge in [0.15, 0.2) is 5.82 Å². The van der Waals surface area contributed by atoms with E-state index in [0.717, 1.165) is 5.69 Å². The number of aromatic amines is 1. The van der Waals surface area contributed by atoms with Crippen LogP contribution in [0, 0.1) is 0 Å². The minimum Gasteiger partial charge on any atom is -0.262 e. The van der Waals surface area contributed by atoms with Crippen molar-refractivity contribution in [1.82, 2.24) is 35.4 Å². The molecule has 18 heavy (non-hydrogen) atoms. The van der Waals surface area contributed by atoms with Crippen molar-refractivity contribution in [2.24, 2.45) is 0 Å². The van der Waals surface area contributed by atoms with Crippen LogP contribution in [0.4, 0.5) is 0 Å². The molecule has 1 atom stereocenters. The SMILES string of the molecule is SC(c1ncn[nH]1)c1nnnn1-c1ccccc1. The van der Waals surface area contributed by atoms with Crippen LogP contribution < -0.4 is 0 Å². The average molecular weight is 259 g/mol. The number of hydrogen-bond acceptors (Lipinski definition) is 6. The molecule has 8 heteroatoms. The Morgan fingerprint density at radius 1 is 1.22 bits per heavy atom. The lowest BCUT2D eigenvalue weighted by atomic mass is 10.3. The third-order valence-electron chi connectivity index (χ3n) is 2.43. The molecule has 1 unspecified atom stereocenters. The number of nitrogens with zero attached hydrogens (tertiary/aromatic N) is 6. The second-order valence-electron chi connectivity index (χ2n) is 3.56. The Balaban J connectivity index is 2.02. The van der Waals surface area contributed by atoms with Gasteiger partial charge in [-0.3, -0.25) is 5.10 Å². The second kappa shape index (κ2) is 4.57. The van der Waals surface area contributed by atoms with Crippen LogP contribution in [0.5, 0.6) is 0 Å². The highest BCUT2D eigenvalue weighted by Crippen LogP contribution is 2.24. The van der Waals surface area contributed by atoms with Crippen molar-refractivity contribution in [3.8, 4) is 5.69 Å². The van der Waals surface area contributed by atoms with Crippen LogP contribution in [0.15, 0.2) is 36.7 Å². The quantitative estimate of drug-likeness (QED) is 0.679. The molecule has 3 aromatic rings. The summed E-state index contributed by atoms with van der Waals surface area (Å²) < 4.78 is 1.63. The Morgan fingerprint density at radius 2 is 2.06 bits per heavy atom. The van der Waals surface area contributed by atoms with E-state index < -0.39 is 0 Å². The Hall–Kier alpha value is -2.22. The smallest absolute Gasteiger partial charge is 0.177 e. The fraction of sp³-hybridized carbons (Fsp3) is 0.100. The molecule has 1 aromatic carbocycles. The molecule has 1 N–H and O–H groups in total. The number of thiol groups is 1. The average Bonchev–Trinajstić information content (AvgIpc) is 3.10. The summed E-state index contributed by atoms with van der Waals surface area (Å²) in [4.78, 5) is 4.05. The van der Waals surface area contributed by atoms with Crippen molar-refractivity contribution in [2.75, 3.05) is 0 Å². The number of nitrogens with one attached hydrogen (secondary N) is 1. The van der Waals surface area contributed by atoms with E-state index in [9.17, 15) is 0 Å². The molecule has 0 aliphatic rings. The summed E-state index contributed by atoms with van der Waals surface area (Å²) >= 11 is 4.46. The second-order valence-corrected chi connectivity index (χ2v) is 4.07. The van der Waals surface area contributed by atoms with Gasteiger partial charge < -0.3 is 0 Å². The summed E-state index contributed by atoms with van der Waals surface area (Å²) in [5, 5.41) is 17.8. The van der Waals surface area contributed by atoms with Crippen molar-refractivity contribution < 1.29 is 0 Å². The number of hydrogen-bond donors (Lipinski definition) is 2. The maximum Gasteiger partial charge on any atom is 0.177 e. The van der Waals surface area contributed by atoms with E-state index in [4.69, 9.17) is 0 Å². The fourth-order valence-corrected chi connectivity index (χ4v) is 1.87. The van der Waals surface area contributed by atoms with Gasteiger partial charge in [-0.1, -0.05) is 18.2 Å². The highest BCUT2D eigenvalue weighted by Gasteiger charge is 2.20. The fourth-order valence-electron chi connectivity index (χ4n) is 1.59. The van der Waals surface area contributed by atoms with Gasteiger partial charge in [-0.05, 0) is 22.6 Å². The Kier molecular flexibility index (Phi) is 2.77. The lowest BCUT2D eigenvalue weighted by Crippen LogP contribution is -2.07. The van der Waals surface area contributed by atoms with E-state index >= 15 is 0 Å². The molecule has 3 rings (SSSR count). The Morgan fingerprint density at radius 3 is 2.78 bits per heavy atom. The maximum absolute atomic E-state index is 4.46. The first-order chi connectivity index (χ1) is 8.86. The van der Waals surface area contributed by atoms with Gasteiger partial charge in [-0.25, -0.2) is 4.98 Å². The molecular formula is C10H9N7S. The first-order valence-electron chi connectivity index (χ1n) is 5.23. The van der Waals surface area contributed by atoms with Crippen molar-refractivity contribution >= 4 is 12.6 Å². The first-order valence-corrected chi connectivity index (χ1v) is 5.75. The highest BCUT2D eigenvalue weighted by molar-refractivity contribution is 7.80. The molecule has 0 spiro atoms. The van der Waals surface area contributed by atoms with Gasteiger partial charge in [-0.15, -0.1) is 5.10 Å². The molecule has 0 fully saturated rings. The third-order valence-corrected chi connectivity index (χ3v) is 2.91. The molecule has 0 saturated heterocycles. The van der Waals surface area contributed by atoms with Crippen LogP contribution in [-0.4, -0.2) is 35.4 Å². The van der Waals surface area contributed by atoms with Crippen molar-refractivity contribution in [2.45, 2.75) is 5.25 Å². The van der Waals surface area contributed by atoms with Crippen LogP contribution in [0.3, 0.4) is 0 Å². The van der Waals surface area contributed by atoms with E-state index in [-0.39, 0.29) is 5.25 Å². The van der Waals surface area contributed by atoms with E-state index in [0.29, 0.717) is 11.6 Å². The molecule has 0 aliphatic heterocycles. The van der Waals surface area contributed by atoms with Crippen LogP contribution in [0.1, 0.15) is 16.9 Å². The number of para-hydroxylation sites is 1. The molecule has 90 valence electrons. The number of H-pyrrole nitrogens is 1. The molecule has 7 nitrogen and oxygen atoms in total. The largest absolute Gasteiger partial charge is 0.262 e. The normalized spacial score (nSPS) is 12.5. The monoisotopic (exact) mass is 259 g/mol. The van der Waals surface area contributed by atoms with Crippen LogP contribution in [0.25, 0.3) is 5.69 Å². The number of rotatable bonds is 3. The maximum atomic E-state index is 4.46. The molecule has 0 bridgehead atoms. The zero-order valence-electron chi connectivity index (χ0n) is 9.17. The molecule has 0 radical (unpaired) electrons. The van der Waals surface area contributed by atoms with Crippen LogP contribution in [0.2, 0.25) is 0 Å². The van der Waals surface area contributed by atoms with Gasteiger partial charge >= 0.3 is 0 Å². The molecule has 0 aliphatic carbocycles. The third kappa shape index (κ3) is 1.86.